The molecule has 28 heavy (non-hydrogen) atoms. The quantitative estimate of drug-likeness (QED) is 0.252. The van der Waals surface area contributed by atoms with Crippen molar-refractivity contribution in [3.63, 3.8) is 0 Å². The summed E-state index contributed by atoms with van der Waals surface area (Å²) in [7, 11) is 0. The number of benzene rings is 3. The van der Waals surface area contributed by atoms with Crippen molar-refractivity contribution < 1.29 is 0 Å². The molecule has 0 amide bonds. The first-order chi connectivity index (χ1) is 13.4. The molecular formula is C23H17Cl2NS2. The van der Waals surface area contributed by atoms with E-state index in [4.69, 9.17) is 35.4 Å². The van der Waals surface area contributed by atoms with Gasteiger partial charge in [-0.2, -0.15) is 0 Å². The maximum Gasteiger partial charge on any atom is 0.0639 e. The fourth-order valence-electron chi connectivity index (χ4n) is 3.18. The standard InChI is InChI=1S/C23H17Cl2NS2/c1-13-5-3-4-6-20(13)26-16-8-9-17(19(25)12-16)22(27)23-14(2)18-11-15(24)7-10-21(18)28-23/h3-12,26H,1-2H3. The van der Waals surface area contributed by atoms with Crippen LogP contribution in [0.15, 0.2) is 60.7 Å². The van der Waals surface area contributed by atoms with E-state index in [1.54, 1.807) is 11.3 Å². The van der Waals surface area contributed by atoms with Crippen molar-refractivity contribution in [2.45, 2.75) is 13.8 Å². The smallest absolute Gasteiger partial charge is 0.0639 e. The number of anilines is 2. The van der Waals surface area contributed by atoms with Crippen LogP contribution in [-0.2, 0) is 0 Å². The lowest BCUT2D eigenvalue weighted by atomic mass is 10.1. The number of thiocarbonyl (C=S) groups is 1. The molecule has 3 aromatic carbocycles. The summed E-state index contributed by atoms with van der Waals surface area (Å²) in [5.41, 5.74) is 5.19. The Kier molecular flexibility index (Phi) is 5.44. The molecule has 1 aromatic heterocycles. The first-order valence-electron chi connectivity index (χ1n) is 8.79. The molecule has 0 aliphatic rings. The molecule has 0 aliphatic heterocycles. The van der Waals surface area contributed by atoms with Crippen LogP contribution >= 0.6 is 46.8 Å². The predicted molar refractivity (Wildman–Crippen MR) is 128 cm³/mol. The fraction of sp³-hybridized carbons (Fsp3) is 0.0870. The number of halogens is 2. The van der Waals surface area contributed by atoms with Crippen molar-refractivity contribution in [2.75, 3.05) is 5.32 Å². The Labute approximate surface area is 183 Å². The monoisotopic (exact) mass is 441 g/mol. The van der Waals surface area contributed by atoms with Gasteiger partial charge in [0.1, 0.15) is 0 Å². The molecule has 0 atom stereocenters. The molecule has 1 nitrogen and oxygen atoms in total. The number of fused-ring (bicyclic) bond motifs is 1. The number of aryl methyl sites for hydroxylation is 2. The second-order valence-corrected chi connectivity index (χ2v) is 8.96. The van der Waals surface area contributed by atoms with Crippen LogP contribution in [0.4, 0.5) is 11.4 Å². The average molecular weight is 442 g/mol. The summed E-state index contributed by atoms with van der Waals surface area (Å²) in [4.78, 5) is 1.83. The molecule has 0 fully saturated rings. The zero-order chi connectivity index (χ0) is 19.8. The van der Waals surface area contributed by atoms with Gasteiger partial charge in [0.2, 0.25) is 0 Å². The molecule has 0 aliphatic carbocycles. The van der Waals surface area contributed by atoms with E-state index in [2.05, 4.69) is 25.2 Å². The summed E-state index contributed by atoms with van der Waals surface area (Å²) < 4.78 is 1.17. The zero-order valence-corrected chi connectivity index (χ0v) is 18.5. The molecular weight excluding hydrogens is 425 g/mol. The lowest BCUT2D eigenvalue weighted by Crippen LogP contribution is -2.01. The normalized spacial score (nSPS) is 11.0. The molecule has 4 rings (SSSR count). The Morgan fingerprint density at radius 2 is 1.75 bits per heavy atom. The average Bonchev–Trinajstić information content (AvgIpc) is 2.99. The van der Waals surface area contributed by atoms with Gasteiger partial charge in [0.05, 0.1) is 9.89 Å². The first-order valence-corrected chi connectivity index (χ1v) is 10.8. The number of hydrogen-bond acceptors (Lipinski definition) is 3. The molecule has 1 heterocycles. The summed E-state index contributed by atoms with van der Waals surface area (Å²) in [6, 6.07) is 20.0. The van der Waals surface area contributed by atoms with E-state index < -0.39 is 0 Å². The molecule has 0 saturated carbocycles. The van der Waals surface area contributed by atoms with Crippen LogP contribution in [-0.4, -0.2) is 4.86 Å². The van der Waals surface area contributed by atoms with Crippen LogP contribution in [0.3, 0.4) is 0 Å². The van der Waals surface area contributed by atoms with E-state index in [0.29, 0.717) is 5.02 Å². The molecule has 0 spiro atoms. The highest BCUT2D eigenvalue weighted by Gasteiger charge is 2.17. The Hall–Kier alpha value is -1.91. The highest BCUT2D eigenvalue weighted by Crippen LogP contribution is 2.36. The van der Waals surface area contributed by atoms with E-state index in [0.717, 1.165) is 42.7 Å². The summed E-state index contributed by atoms with van der Waals surface area (Å²) in [5, 5.41) is 5.93. The van der Waals surface area contributed by atoms with Crippen molar-refractivity contribution in [1.82, 2.24) is 0 Å². The molecule has 0 radical (unpaired) electrons. The van der Waals surface area contributed by atoms with E-state index >= 15 is 0 Å². The van der Waals surface area contributed by atoms with Gasteiger partial charge in [-0.05, 0) is 72.8 Å². The number of hydrogen-bond donors (Lipinski definition) is 1. The predicted octanol–water partition coefficient (Wildman–Crippen LogP) is 8.33. The fourth-order valence-corrected chi connectivity index (χ4v) is 5.28. The van der Waals surface area contributed by atoms with Crippen molar-refractivity contribution in [2.24, 2.45) is 0 Å². The second kappa shape index (κ2) is 7.84. The molecule has 0 saturated heterocycles. The highest BCUT2D eigenvalue weighted by molar-refractivity contribution is 7.81. The van der Waals surface area contributed by atoms with Crippen LogP contribution in [0.2, 0.25) is 10.0 Å². The Bertz CT molecular complexity index is 1210. The van der Waals surface area contributed by atoms with Gasteiger partial charge in [0, 0.05) is 31.5 Å². The molecule has 5 heteroatoms. The molecule has 140 valence electrons. The topological polar surface area (TPSA) is 12.0 Å². The van der Waals surface area contributed by atoms with Crippen LogP contribution in [0.5, 0.6) is 0 Å². The third kappa shape index (κ3) is 3.68. The van der Waals surface area contributed by atoms with Gasteiger partial charge in [0.15, 0.2) is 0 Å². The highest BCUT2D eigenvalue weighted by atomic mass is 35.5. The number of thiophene rings is 1. The third-order valence-corrected chi connectivity index (χ3v) is 7.13. The Balaban J connectivity index is 1.67. The number of para-hydroxylation sites is 1. The summed E-state index contributed by atoms with van der Waals surface area (Å²) in [5.74, 6) is 0. The van der Waals surface area contributed by atoms with Crippen LogP contribution < -0.4 is 5.32 Å². The van der Waals surface area contributed by atoms with Crippen molar-refractivity contribution in [3.05, 3.63) is 92.3 Å². The lowest BCUT2D eigenvalue weighted by molar-refractivity contribution is 1.43. The first kappa shape index (κ1) is 19.4. The van der Waals surface area contributed by atoms with Crippen molar-refractivity contribution in [3.8, 4) is 0 Å². The SMILES string of the molecule is Cc1ccccc1Nc1ccc(C(=S)c2sc3ccc(Cl)cc3c2C)c(Cl)c1. The minimum Gasteiger partial charge on any atom is -0.355 e. The lowest BCUT2D eigenvalue weighted by Gasteiger charge is -2.12. The van der Waals surface area contributed by atoms with Gasteiger partial charge in [0.25, 0.3) is 0 Å². The minimum atomic E-state index is 0.637. The van der Waals surface area contributed by atoms with Crippen LogP contribution in [0.25, 0.3) is 10.1 Å². The van der Waals surface area contributed by atoms with E-state index in [9.17, 15) is 0 Å². The molecule has 0 unspecified atom stereocenters. The maximum atomic E-state index is 6.61. The van der Waals surface area contributed by atoms with Gasteiger partial charge in [-0.25, -0.2) is 0 Å². The van der Waals surface area contributed by atoms with Gasteiger partial charge in [-0.3, -0.25) is 0 Å². The number of nitrogens with one attached hydrogen (secondary N) is 1. The van der Waals surface area contributed by atoms with Crippen LogP contribution in [0.1, 0.15) is 21.6 Å². The summed E-state index contributed by atoms with van der Waals surface area (Å²) >= 11 is 20.3. The molecule has 0 bridgehead atoms. The van der Waals surface area contributed by atoms with E-state index in [1.807, 2.05) is 54.6 Å². The van der Waals surface area contributed by atoms with Crippen LogP contribution in [0, 0.1) is 13.8 Å². The van der Waals surface area contributed by atoms with Gasteiger partial charge in [-0.1, -0.05) is 53.6 Å². The van der Waals surface area contributed by atoms with Gasteiger partial charge < -0.3 is 5.32 Å². The summed E-state index contributed by atoms with van der Waals surface area (Å²) in [6.45, 7) is 4.16. The molecule has 1 N–H and O–H groups in total. The van der Waals surface area contributed by atoms with Crippen molar-refractivity contribution in [1.29, 1.82) is 0 Å². The minimum absolute atomic E-state index is 0.637. The Morgan fingerprint density at radius 3 is 2.50 bits per heavy atom. The van der Waals surface area contributed by atoms with Crippen molar-refractivity contribution >= 4 is 73.1 Å². The van der Waals surface area contributed by atoms with Gasteiger partial charge >= 0.3 is 0 Å². The van der Waals surface area contributed by atoms with E-state index in [-0.39, 0.29) is 0 Å². The van der Waals surface area contributed by atoms with Gasteiger partial charge in [-0.15, -0.1) is 11.3 Å². The zero-order valence-electron chi connectivity index (χ0n) is 15.3. The third-order valence-electron chi connectivity index (χ3n) is 4.74. The summed E-state index contributed by atoms with van der Waals surface area (Å²) in [6.07, 6.45) is 0. The maximum absolute atomic E-state index is 6.61. The second-order valence-electron chi connectivity index (χ2n) is 6.66. The Morgan fingerprint density at radius 1 is 0.964 bits per heavy atom. The van der Waals surface area contributed by atoms with E-state index in [1.165, 1.54) is 10.3 Å². The molecule has 4 aromatic rings. The largest absolute Gasteiger partial charge is 0.355 e. The number of rotatable bonds is 4.